The van der Waals surface area contributed by atoms with Gasteiger partial charge in [-0.05, 0) is 12.1 Å². The summed E-state index contributed by atoms with van der Waals surface area (Å²) in [6, 6.07) is 3.66. The molecule has 0 radical (unpaired) electrons. The second-order valence-corrected chi connectivity index (χ2v) is 5.68. The molecule has 0 heterocycles. The number of sulfonamides is 1. The van der Waals surface area contributed by atoms with Crippen molar-refractivity contribution in [3.8, 4) is 0 Å². The summed E-state index contributed by atoms with van der Waals surface area (Å²) in [4.78, 5) is -0.239. The molecule has 8 heteroatoms. The smallest absolute Gasteiger partial charge is 0.243 e. The van der Waals surface area contributed by atoms with Gasteiger partial charge < -0.3 is 15.9 Å². The van der Waals surface area contributed by atoms with Gasteiger partial charge >= 0.3 is 0 Å². The van der Waals surface area contributed by atoms with Crippen LogP contribution < -0.4 is 5.73 Å². The molecule has 0 aliphatic rings. The van der Waals surface area contributed by atoms with Crippen LogP contribution in [0, 0.1) is 5.82 Å². The quantitative estimate of drug-likeness (QED) is 0.614. The lowest BCUT2D eigenvalue weighted by Gasteiger charge is -2.21. The number of halogens is 1. The topological polar surface area (TPSA) is 104 Å². The van der Waals surface area contributed by atoms with Gasteiger partial charge in [0.05, 0.1) is 18.1 Å². The van der Waals surface area contributed by atoms with E-state index in [9.17, 15) is 12.8 Å². The van der Waals surface area contributed by atoms with Crippen molar-refractivity contribution in [3.63, 3.8) is 0 Å². The van der Waals surface area contributed by atoms with Crippen molar-refractivity contribution in [2.45, 2.75) is 11.4 Å². The van der Waals surface area contributed by atoms with Crippen molar-refractivity contribution < 1.29 is 23.0 Å². The van der Waals surface area contributed by atoms with Gasteiger partial charge in [-0.2, -0.15) is 4.31 Å². The van der Waals surface area contributed by atoms with Crippen LogP contribution in [0.25, 0.3) is 0 Å². The molecule has 6 nitrogen and oxygen atoms in total. The Balaban J connectivity index is 3.28. The molecule has 1 aromatic carbocycles. The molecule has 0 bridgehead atoms. The van der Waals surface area contributed by atoms with Crippen LogP contribution in [0.1, 0.15) is 5.56 Å². The number of aliphatic hydroxyl groups is 2. The molecule has 0 amide bonds. The lowest BCUT2D eigenvalue weighted by molar-refractivity contribution is 0.217. The molecular formula is C11H17FN2O4S. The first-order valence-electron chi connectivity index (χ1n) is 5.68. The Kier molecular flexibility index (Phi) is 5.83. The van der Waals surface area contributed by atoms with E-state index in [1.54, 1.807) is 0 Å². The molecule has 4 N–H and O–H groups in total. The maximum absolute atomic E-state index is 13.6. The summed E-state index contributed by atoms with van der Waals surface area (Å²) in [7, 11) is -4.00. The minimum absolute atomic E-state index is 0.108. The summed E-state index contributed by atoms with van der Waals surface area (Å²) < 4.78 is 39.1. The maximum Gasteiger partial charge on any atom is 0.243 e. The van der Waals surface area contributed by atoms with Gasteiger partial charge in [0.2, 0.25) is 10.0 Å². The number of rotatable bonds is 7. The fraction of sp³-hybridized carbons (Fsp3) is 0.455. The molecule has 0 fully saturated rings. The van der Waals surface area contributed by atoms with Crippen molar-refractivity contribution in [2.75, 3.05) is 26.3 Å². The van der Waals surface area contributed by atoms with Gasteiger partial charge in [-0.1, -0.05) is 6.07 Å². The largest absolute Gasteiger partial charge is 0.395 e. The number of hydrogen-bond acceptors (Lipinski definition) is 5. The Labute approximate surface area is 111 Å². The number of aliphatic hydroxyl groups excluding tert-OH is 2. The lowest BCUT2D eigenvalue weighted by atomic mass is 10.2. The molecule has 0 saturated heterocycles. The van der Waals surface area contributed by atoms with Crippen molar-refractivity contribution in [1.29, 1.82) is 0 Å². The van der Waals surface area contributed by atoms with E-state index in [1.807, 2.05) is 0 Å². The van der Waals surface area contributed by atoms with E-state index in [0.29, 0.717) is 0 Å². The minimum Gasteiger partial charge on any atom is -0.395 e. The van der Waals surface area contributed by atoms with E-state index in [1.165, 1.54) is 12.1 Å². The first-order valence-corrected chi connectivity index (χ1v) is 7.12. The van der Waals surface area contributed by atoms with Crippen LogP contribution in [0.2, 0.25) is 0 Å². The molecule has 1 rings (SSSR count). The zero-order chi connectivity index (χ0) is 14.5. The van der Waals surface area contributed by atoms with Gasteiger partial charge in [0.25, 0.3) is 0 Å². The average molecular weight is 292 g/mol. The van der Waals surface area contributed by atoms with E-state index in [0.717, 1.165) is 10.4 Å². The predicted octanol–water partition coefficient (Wildman–Crippen LogP) is -0.740. The molecule has 0 unspecified atom stereocenters. The number of hydrogen-bond donors (Lipinski definition) is 3. The van der Waals surface area contributed by atoms with Crippen LogP contribution >= 0.6 is 0 Å². The summed E-state index contributed by atoms with van der Waals surface area (Å²) in [5.41, 5.74) is 5.27. The molecule has 0 saturated carbocycles. The summed E-state index contributed by atoms with van der Waals surface area (Å²) in [5, 5.41) is 17.7. The second-order valence-electron chi connectivity index (χ2n) is 3.77. The highest BCUT2D eigenvalue weighted by Crippen LogP contribution is 2.22. The van der Waals surface area contributed by atoms with Gasteiger partial charge in [-0.15, -0.1) is 0 Å². The molecular weight excluding hydrogens is 275 g/mol. The van der Waals surface area contributed by atoms with E-state index < -0.39 is 29.1 Å². The molecule has 0 aromatic heterocycles. The molecule has 0 spiro atoms. The first kappa shape index (κ1) is 16.0. The van der Waals surface area contributed by atoms with E-state index in [2.05, 4.69) is 0 Å². The Morgan fingerprint density at radius 2 is 1.79 bits per heavy atom. The van der Waals surface area contributed by atoms with Crippen LogP contribution in [0.4, 0.5) is 4.39 Å². The maximum atomic E-state index is 13.6. The molecule has 19 heavy (non-hydrogen) atoms. The zero-order valence-electron chi connectivity index (χ0n) is 10.3. The van der Waals surface area contributed by atoms with Gasteiger partial charge in [0, 0.05) is 25.2 Å². The van der Waals surface area contributed by atoms with Gasteiger partial charge in [0.15, 0.2) is 0 Å². The van der Waals surface area contributed by atoms with Crippen molar-refractivity contribution in [3.05, 3.63) is 29.6 Å². The van der Waals surface area contributed by atoms with Crippen LogP contribution in [-0.4, -0.2) is 49.2 Å². The monoisotopic (exact) mass is 292 g/mol. The third-order valence-corrected chi connectivity index (χ3v) is 4.58. The van der Waals surface area contributed by atoms with Crippen molar-refractivity contribution >= 4 is 10.0 Å². The number of nitrogens with zero attached hydrogens (tertiary/aromatic N) is 1. The lowest BCUT2D eigenvalue weighted by Crippen LogP contribution is -2.36. The highest BCUT2D eigenvalue weighted by atomic mass is 32.2. The Morgan fingerprint density at radius 3 is 2.26 bits per heavy atom. The van der Waals surface area contributed by atoms with Gasteiger partial charge in [-0.25, -0.2) is 12.8 Å². The summed E-state index contributed by atoms with van der Waals surface area (Å²) in [5.74, 6) is -0.698. The Hall–Kier alpha value is -1.06. The van der Waals surface area contributed by atoms with Crippen molar-refractivity contribution in [2.24, 2.45) is 5.73 Å². The summed E-state index contributed by atoms with van der Waals surface area (Å²) in [6.07, 6.45) is 0. The minimum atomic E-state index is -4.00. The molecule has 1 aromatic rings. The van der Waals surface area contributed by atoms with Crippen LogP contribution in [-0.2, 0) is 16.6 Å². The molecule has 0 aliphatic heterocycles. The summed E-state index contributed by atoms with van der Waals surface area (Å²) >= 11 is 0. The van der Waals surface area contributed by atoms with E-state index in [-0.39, 0.29) is 30.1 Å². The number of benzene rings is 1. The molecule has 108 valence electrons. The van der Waals surface area contributed by atoms with Crippen LogP contribution in [0.5, 0.6) is 0 Å². The molecule has 0 aliphatic carbocycles. The second kappa shape index (κ2) is 6.92. The van der Waals surface area contributed by atoms with E-state index >= 15 is 0 Å². The number of nitrogens with two attached hydrogens (primary N) is 1. The fourth-order valence-electron chi connectivity index (χ4n) is 1.69. The predicted molar refractivity (Wildman–Crippen MR) is 67.2 cm³/mol. The fourth-order valence-corrected chi connectivity index (χ4v) is 3.36. The molecule has 0 atom stereocenters. The standard InChI is InChI=1S/C11H17FN2O4S/c12-10-2-1-3-11(9(10)8-13)19(17,18)14(4-6-15)5-7-16/h1-3,15-16H,4-8,13H2. The Morgan fingerprint density at radius 1 is 1.21 bits per heavy atom. The van der Waals surface area contributed by atoms with E-state index in [4.69, 9.17) is 15.9 Å². The third kappa shape index (κ3) is 3.48. The SMILES string of the molecule is NCc1c(F)cccc1S(=O)(=O)N(CCO)CCO. The van der Waals surface area contributed by atoms with Crippen molar-refractivity contribution in [1.82, 2.24) is 4.31 Å². The highest BCUT2D eigenvalue weighted by Gasteiger charge is 2.27. The normalized spacial score (nSPS) is 12.1. The average Bonchev–Trinajstić information content (AvgIpc) is 2.38. The van der Waals surface area contributed by atoms with Crippen LogP contribution in [0.15, 0.2) is 23.1 Å². The van der Waals surface area contributed by atoms with Gasteiger partial charge in [-0.3, -0.25) is 0 Å². The van der Waals surface area contributed by atoms with Crippen LogP contribution in [0.3, 0.4) is 0 Å². The third-order valence-electron chi connectivity index (χ3n) is 2.60. The highest BCUT2D eigenvalue weighted by molar-refractivity contribution is 7.89. The first-order chi connectivity index (χ1) is 8.98. The zero-order valence-corrected chi connectivity index (χ0v) is 11.1. The summed E-state index contributed by atoms with van der Waals surface area (Å²) in [6.45, 7) is -1.40. The Bertz CT molecular complexity index is 515. The van der Waals surface area contributed by atoms with Gasteiger partial charge in [0.1, 0.15) is 5.82 Å².